The van der Waals surface area contributed by atoms with Crippen LogP contribution >= 0.6 is 11.3 Å². The monoisotopic (exact) mass is 439 g/mol. The zero-order valence-corrected chi connectivity index (χ0v) is 18.0. The van der Waals surface area contributed by atoms with E-state index >= 15 is 0 Å². The lowest BCUT2D eigenvalue weighted by Crippen LogP contribution is -2.40. The smallest absolute Gasteiger partial charge is 0.387 e. The number of nitrogens with zero attached hydrogens (tertiary/aromatic N) is 2. The molecule has 9 heteroatoms. The third-order valence-corrected chi connectivity index (χ3v) is 5.99. The van der Waals surface area contributed by atoms with Crippen molar-refractivity contribution < 1.29 is 23.0 Å². The van der Waals surface area contributed by atoms with Crippen molar-refractivity contribution in [2.24, 2.45) is 5.92 Å². The number of ether oxygens (including phenoxy) is 2. The quantitative estimate of drug-likeness (QED) is 0.647. The number of amides is 1. The van der Waals surface area contributed by atoms with Crippen molar-refractivity contribution in [3.63, 3.8) is 0 Å². The molecule has 1 aliphatic rings. The van der Waals surface area contributed by atoms with Crippen molar-refractivity contribution >= 4 is 17.2 Å². The van der Waals surface area contributed by atoms with Crippen LogP contribution in [0.1, 0.15) is 29.1 Å². The zero-order valence-electron chi connectivity index (χ0n) is 17.2. The SMILES string of the molecule is COc1ccc(CCNC(=O)C2CCN(Cc3csc(C)n3)CC2)cc1OC(F)F. The average molecular weight is 440 g/mol. The summed E-state index contributed by atoms with van der Waals surface area (Å²) in [5.74, 6) is 0.311. The summed E-state index contributed by atoms with van der Waals surface area (Å²) in [6, 6.07) is 4.90. The van der Waals surface area contributed by atoms with E-state index in [2.05, 4.69) is 25.3 Å². The Morgan fingerprint density at radius 1 is 1.33 bits per heavy atom. The molecule has 0 radical (unpaired) electrons. The predicted molar refractivity (Wildman–Crippen MR) is 111 cm³/mol. The van der Waals surface area contributed by atoms with Crippen LogP contribution in [0.5, 0.6) is 11.5 Å². The van der Waals surface area contributed by atoms with Crippen LogP contribution in [-0.4, -0.2) is 49.1 Å². The first-order valence-electron chi connectivity index (χ1n) is 9.97. The molecule has 0 saturated carbocycles. The van der Waals surface area contributed by atoms with Gasteiger partial charge in [0, 0.05) is 24.4 Å². The largest absolute Gasteiger partial charge is 0.493 e. The number of alkyl halides is 2. The van der Waals surface area contributed by atoms with E-state index in [4.69, 9.17) is 4.74 Å². The zero-order chi connectivity index (χ0) is 21.5. The minimum Gasteiger partial charge on any atom is -0.493 e. The number of hydrogen-bond donors (Lipinski definition) is 1. The number of carbonyl (C=O) groups is 1. The van der Waals surface area contributed by atoms with E-state index in [1.165, 1.54) is 13.2 Å². The molecule has 1 aromatic carbocycles. The number of aromatic nitrogens is 1. The summed E-state index contributed by atoms with van der Waals surface area (Å²) >= 11 is 1.66. The van der Waals surface area contributed by atoms with E-state index in [9.17, 15) is 13.6 Å². The van der Waals surface area contributed by atoms with Gasteiger partial charge in [0.25, 0.3) is 0 Å². The van der Waals surface area contributed by atoms with E-state index in [1.807, 2.05) is 6.92 Å². The van der Waals surface area contributed by atoms with Gasteiger partial charge in [0.2, 0.25) is 5.91 Å². The Hall–Kier alpha value is -2.26. The number of carbonyl (C=O) groups excluding carboxylic acids is 1. The number of benzene rings is 1. The first kappa shape index (κ1) is 22.4. The van der Waals surface area contributed by atoms with Gasteiger partial charge in [-0.15, -0.1) is 11.3 Å². The second-order valence-electron chi connectivity index (χ2n) is 7.31. The second-order valence-corrected chi connectivity index (χ2v) is 8.38. The normalized spacial score (nSPS) is 15.4. The molecule has 0 bridgehead atoms. The number of thiazole rings is 1. The lowest BCUT2D eigenvalue weighted by molar-refractivity contribution is -0.126. The number of likely N-dealkylation sites (tertiary alicyclic amines) is 1. The van der Waals surface area contributed by atoms with Crippen molar-refractivity contribution in [1.82, 2.24) is 15.2 Å². The summed E-state index contributed by atoms with van der Waals surface area (Å²) in [5.41, 5.74) is 1.88. The fourth-order valence-electron chi connectivity index (χ4n) is 3.60. The number of piperidine rings is 1. The van der Waals surface area contributed by atoms with Gasteiger partial charge >= 0.3 is 6.61 Å². The molecule has 0 aliphatic carbocycles. The summed E-state index contributed by atoms with van der Waals surface area (Å²) in [4.78, 5) is 19.3. The Balaban J connectivity index is 1.42. The minimum atomic E-state index is -2.92. The van der Waals surface area contributed by atoms with E-state index < -0.39 is 6.61 Å². The van der Waals surface area contributed by atoms with Crippen LogP contribution in [0.3, 0.4) is 0 Å². The van der Waals surface area contributed by atoms with E-state index in [0.717, 1.165) is 48.7 Å². The van der Waals surface area contributed by atoms with E-state index in [-0.39, 0.29) is 23.3 Å². The van der Waals surface area contributed by atoms with Crippen molar-refractivity contribution in [1.29, 1.82) is 0 Å². The summed E-state index contributed by atoms with van der Waals surface area (Å²) in [6.45, 7) is 2.11. The molecule has 3 rings (SSSR count). The Morgan fingerprint density at radius 2 is 2.10 bits per heavy atom. The maximum atomic E-state index is 12.5. The number of hydrogen-bond acceptors (Lipinski definition) is 6. The molecule has 0 spiro atoms. The summed E-state index contributed by atoms with van der Waals surface area (Å²) in [7, 11) is 1.40. The fraction of sp³-hybridized carbons (Fsp3) is 0.524. The molecule has 1 saturated heterocycles. The number of rotatable bonds is 9. The highest BCUT2D eigenvalue weighted by atomic mass is 32.1. The molecule has 1 fully saturated rings. The average Bonchev–Trinajstić information content (AvgIpc) is 3.13. The lowest BCUT2D eigenvalue weighted by atomic mass is 9.95. The molecule has 164 valence electrons. The molecular weight excluding hydrogens is 412 g/mol. The van der Waals surface area contributed by atoms with Crippen molar-refractivity contribution in [2.45, 2.75) is 39.3 Å². The molecule has 30 heavy (non-hydrogen) atoms. The second kappa shape index (κ2) is 10.7. The van der Waals surface area contributed by atoms with Crippen LogP contribution in [0.15, 0.2) is 23.6 Å². The van der Waals surface area contributed by atoms with Crippen LogP contribution in [0.25, 0.3) is 0 Å². The van der Waals surface area contributed by atoms with Gasteiger partial charge in [-0.1, -0.05) is 6.07 Å². The van der Waals surface area contributed by atoms with Crippen molar-refractivity contribution in [3.8, 4) is 11.5 Å². The molecule has 2 aromatic rings. The Bertz CT molecular complexity index is 839. The lowest BCUT2D eigenvalue weighted by Gasteiger charge is -2.30. The predicted octanol–water partition coefficient (Wildman–Crippen LogP) is 3.63. The highest BCUT2D eigenvalue weighted by Gasteiger charge is 2.25. The molecule has 0 unspecified atom stereocenters. The highest BCUT2D eigenvalue weighted by molar-refractivity contribution is 7.09. The molecule has 1 aliphatic heterocycles. The molecule has 1 N–H and O–H groups in total. The number of nitrogens with one attached hydrogen (secondary N) is 1. The van der Waals surface area contributed by atoms with E-state index in [0.29, 0.717) is 13.0 Å². The third-order valence-electron chi connectivity index (χ3n) is 5.17. The van der Waals surface area contributed by atoms with Crippen LogP contribution in [0.2, 0.25) is 0 Å². The fourth-order valence-corrected chi connectivity index (χ4v) is 4.21. The van der Waals surface area contributed by atoms with Crippen molar-refractivity contribution in [3.05, 3.63) is 39.8 Å². The van der Waals surface area contributed by atoms with Gasteiger partial charge in [0.1, 0.15) is 0 Å². The maximum Gasteiger partial charge on any atom is 0.387 e. The van der Waals surface area contributed by atoms with Gasteiger partial charge in [-0.25, -0.2) is 4.98 Å². The number of aryl methyl sites for hydroxylation is 1. The summed E-state index contributed by atoms with van der Waals surface area (Å²) in [6.07, 6.45) is 2.17. The highest BCUT2D eigenvalue weighted by Crippen LogP contribution is 2.29. The summed E-state index contributed by atoms with van der Waals surface area (Å²) < 4.78 is 34.6. The number of methoxy groups -OCH3 is 1. The molecule has 2 heterocycles. The standard InChI is InChI=1S/C21H27F2N3O3S/c1-14-25-17(13-30-14)12-26-9-6-16(7-10-26)20(27)24-8-5-15-3-4-18(28-2)19(11-15)29-21(22)23/h3-4,11,13,16,21H,5-10,12H2,1-2H3,(H,24,27). The third kappa shape index (κ3) is 6.37. The van der Waals surface area contributed by atoms with E-state index in [1.54, 1.807) is 23.5 Å². The molecule has 6 nitrogen and oxygen atoms in total. The molecule has 1 aromatic heterocycles. The van der Waals surface area contributed by atoms with Gasteiger partial charge in [0.15, 0.2) is 11.5 Å². The first-order chi connectivity index (χ1) is 14.4. The van der Waals surface area contributed by atoms with Gasteiger partial charge < -0.3 is 14.8 Å². The maximum absolute atomic E-state index is 12.5. The Labute approximate surface area is 179 Å². The Kier molecular flexibility index (Phi) is 7.98. The number of halogens is 2. The molecular formula is C21H27F2N3O3S. The van der Waals surface area contributed by atoms with Crippen LogP contribution in [-0.2, 0) is 17.8 Å². The van der Waals surface area contributed by atoms with Crippen LogP contribution in [0, 0.1) is 12.8 Å². The van der Waals surface area contributed by atoms with Gasteiger partial charge in [-0.2, -0.15) is 8.78 Å². The van der Waals surface area contributed by atoms with Crippen LogP contribution in [0.4, 0.5) is 8.78 Å². The molecule has 1 amide bonds. The topological polar surface area (TPSA) is 63.7 Å². The van der Waals surface area contributed by atoms with Crippen molar-refractivity contribution in [2.75, 3.05) is 26.7 Å². The minimum absolute atomic E-state index is 0.000922. The Morgan fingerprint density at radius 3 is 2.73 bits per heavy atom. The van der Waals surface area contributed by atoms with Gasteiger partial charge in [0.05, 0.1) is 17.8 Å². The van der Waals surface area contributed by atoms with Gasteiger partial charge in [-0.3, -0.25) is 9.69 Å². The molecule has 0 atom stereocenters. The van der Waals surface area contributed by atoms with Gasteiger partial charge in [-0.05, 0) is 57.0 Å². The summed E-state index contributed by atoms with van der Waals surface area (Å²) in [5, 5.41) is 6.13. The van der Waals surface area contributed by atoms with Crippen LogP contribution < -0.4 is 14.8 Å². The first-order valence-corrected chi connectivity index (χ1v) is 10.9.